The van der Waals surface area contributed by atoms with Crippen LogP contribution in [0, 0.1) is 10.1 Å². The first kappa shape index (κ1) is 23.8. The summed E-state index contributed by atoms with van der Waals surface area (Å²) >= 11 is 1.29. The molecule has 0 aliphatic heterocycles. The van der Waals surface area contributed by atoms with Gasteiger partial charge in [0.1, 0.15) is 10.7 Å². The summed E-state index contributed by atoms with van der Waals surface area (Å²) in [5.74, 6) is -0.654. The Hall–Kier alpha value is -4.37. The Balaban J connectivity index is 1.51. The van der Waals surface area contributed by atoms with E-state index in [1.807, 2.05) is 60.7 Å². The maximum absolute atomic E-state index is 13.3. The fourth-order valence-electron chi connectivity index (χ4n) is 3.46. The lowest BCUT2D eigenvalue weighted by Crippen LogP contribution is -2.30. The first-order chi connectivity index (χ1) is 17.0. The van der Waals surface area contributed by atoms with Gasteiger partial charge < -0.3 is 10.2 Å². The Morgan fingerprint density at radius 1 is 0.914 bits per heavy atom. The highest BCUT2D eigenvalue weighted by molar-refractivity contribution is 7.09. The van der Waals surface area contributed by atoms with Crippen LogP contribution in [0.2, 0.25) is 0 Å². The molecular weight excluding hydrogens is 464 g/mol. The molecule has 0 bridgehead atoms. The Morgan fingerprint density at radius 2 is 1.60 bits per heavy atom. The molecule has 0 aliphatic rings. The second-order valence-corrected chi connectivity index (χ2v) is 8.69. The second kappa shape index (κ2) is 11.2. The maximum atomic E-state index is 13.3. The van der Waals surface area contributed by atoms with Gasteiger partial charge in [0, 0.05) is 36.2 Å². The van der Waals surface area contributed by atoms with Gasteiger partial charge in [-0.1, -0.05) is 66.7 Å². The normalized spacial score (nSPS) is 10.5. The van der Waals surface area contributed by atoms with Crippen molar-refractivity contribution in [2.45, 2.75) is 19.6 Å². The number of amides is 2. The van der Waals surface area contributed by atoms with Crippen molar-refractivity contribution in [3.05, 3.63) is 128 Å². The van der Waals surface area contributed by atoms with Crippen LogP contribution in [-0.2, 0) is 19.6 Å². The number of nitro groups is 1. The second-order valence-electron chi connectivity index (χ2n) is 7.75. The fraction of sp³-hybridized carbons (Fsp3) is 0.115. The Kier molecular flexibility index (Phi) is 7.59. The molecule has 0 aliphatic carbocycles. The SMILES string of the molecule is O=C(NCc1ccccc1)c1csc(CN(Cc2ccccc2)C(=O)c2cccc([N+](=O)[O-])c2)n1. The molecular formula is C26H22N4O4S. The van der Waals surface area contributed by atoms with Gasteiger partial charge in [-0.2, -0.15) is 0 Å². The van der Waals surface area contributed by atoms with Gasteiger partial charge in [-0.3, -0.25) is 19.7 Å². The molecule has 1 heterocycles. The number of nitrogens with one attached hydrogen (secondary N) is 1. The van der Waals surface area contributed by atoms with Crippen molar-refractivity contribution in [1.82, 2.24) is 15.2 Å². The van der Waals surface area contributed by atoms with Gasteiger partial charge in [0.15, 0.2) is 0 Å². The zero-order chi connectivity index (χ0) is 24.6. The Bertz CT molecular complexity index is 1330. The number of carbonyl (C=O) groups excluding carboxylic acids is 2. The molecule has 0 radical (unpaired) electrons. The van der Waals surface area contributed by atoms with Gasteiger partial charge in [0.05, 0.1) is 11.5 Å². The van der Waals surface area contributed by atoms with Crippen LogP contribution >= 0.6 is 11.3 Å². The molecule has 0 fully saturated rings. The molecule has 176 valence electrons. The topological polar surface area (TPSA) is 105 Å². The van der Waals surface area contributed by atoms with Crippen LogP contribution in [0.25, 0.3) is 0 Å². The summed E-state index contributed by atoms with van der Waals surface area (Å²) in [7, 11) is 0. The van der Waals surface area contributed by atoms with Crippen LogP contribution in [0.3, 0.4) is 0 Å². The molecule has 0 atom stereocenters. The Labute approximate surface area is 206 Å². The molecule has 0 unspecified atom stereocenters. The number of benzene rings is 3. The van der Waals surface area contributed by atoms with Crippen molar-refractivity contribution in [3.8, 4) is 0 Å². The third-order valence-corrected chi connectivity index (χ3v) is 6.05. The number of nitrogens with zero attached hydrogens (tertiary/aromatic N) is 3. The third kappa shape index (κ3) is 6.36. The van der Waals surface area contributed by atoms with Crippen LogP contribution in [0.15, 0.2) is 90.3 Å². The minimum absolute atomic E-state index is 0.151. The van der Waals surface area contributed by atoms with E-state index in [0.717, 1.165) is 11.1 Å². The minimum Gasteiger partial charge on any atom is -0.347 e. The van der Waals surface area contributed by atoms with Crippen LogP contribution in [0.1, 0.15) is 37.0 Å². The molecule has 4 aromatic rings. The number of hydrogen-bond acceptors (Lipinski definition) is 6. The van der Waals surface area contributed by atoms with Gasteiger partial charge in [-0.25, -0.2) is 4.98 Å². The van der Waals surface area contributed by atoms with E-state index < -0.39 is 4.92 Å². The van der Waals surface area contributed by atoms with E-state index in [1.165, 1.54) is 29.5 Å². The van der Waals surface area contributed by atoms with Gasteiger partial charge in [0.2, 0.25) is 0 Å². The van der Waals surface area contributed by atoms with E-state index in [4.69, 9.17) is 0 Å². The molecule has 3 aromatic carbocycles. The highest BCUT2D eigenvalue weighted by Crippen LogP contribution is 2.20. The van der Waals surface area contributed by atoms with Crippen LogP contribution in [0.4, 0.5) is 5.69 Å². The standard InChI is InChI=1S/C26H22N4O4S/c31-25(27-15-19-8-3-1-4-9-19)23-18-35-24(28-23)17-29(16-20-10-5-2-6-11-20)26(32)21-12-7-13-22(14-21)30(33)34/h1-14,18H,15-17H2,(H,27,31). The van der Waals surface area contributed by atoms with Gasteiger partial charge in [0.25, 0.3) is 17.5 Å². The summed E-state index contributed by atoms with van der Waals surface area (Å²) in [5, 5.41) is 16.3. The molecule has 0 saturated carbocycles. The molecule has 9 heteroatoms. The van der Waals surface area contributed by atoms with Crippen molar-refractivity contribution in [2.24, 2.45) is 0 Å². The molecule has 35 heavy (non-hydrogen) atoms. The molecule has 2 amide bonds. The van der Waals surface area contributed by atoms with Crippen molar-refractivity contribution in [2.75, 3.05) is 0 Å². The smallest absolute Gasteiger partial charge is 0.271 e. The van der Waals surface area contributed by atoms with Gasteiger partial charge >= 0.3 is 0 Å². The average molecular weight is 487 g/mol. The molecule has 0 spiro atoms. The summed E-state index contributed by atoms with van der Waals surface area (Å²) in [4.78, 5) is 42.5. The van der Waals surface area contributed by atoms with Crippen LogP contribution < -0.4 is 5.32 Å². The summed E-state index contributed by atoms with van der Waals surface area (Å²) in [6, 6.07) is 24.7. The lowest BCUT2D eigenvalue weighted by molar-refractivity contribution is -0.384. The summed E-state index contributed by atoms with van der Waals surface area (Å²) in [5.41, 5.74) is 2.23. The Morgan fingerprint density at radius 3 is 2.29 bits per heavy atom. The predicted octanol–water partition coefficient (Wildman–Crippen LogP) is 4.82. The van der Waals surface area contributed by atoms with Crippen molar-refractivity contribution in [1.29, 1.82) is 0 Å². The number of non-ortho nitro benzene ring substituents is 1. The maximum Gasteiger partial charge on any atom is 0.271 e. The number of aromatic nitrogens is 1. The van der Waals surface area contributed by atoms with Crippen molar-refractivity contribution >= 4 is 28.8 Å². The first-order valence-electron chi connectivity index (χ1n) is 10.8. The first-order valence-corrected chi connectivity index (χ1v) is 11.7. The minimum atomic E-state index is -0.528. The molecule has 0 saturated heterocycles. The summed E-state index contributed by atoms with van der Waals surface area (Å²) in [6.07, 6.45) is 0. The number of hydrogen-bond donors (Lipinski definition) is 1. The largest absolute Gasteiger partial charge is 0.347 e. The lowest BCUT2D eigenvalue weighted by atomic mass is 10.1. The monoisotopic (exact) mass is 486 g/mol. The van der Waals surface area contributed by atoms with Crippen LogP contribution in [-0.4, -0.2) is 26.6 Å². The highest BCUT2D eigenvalue weighted by Gasteiger charge is 2.21. The van der Waals surface area contributed by atoms with Gasteiger partial charge in [-0.05, 0) is 17.2 Å². The lowest BCUT2D eigenvalue weighted by Gasteiger charge is -2.22. The van der Waals surface area contributed by atoms with Crippen LogP contribution in [0.5, 0.6) is 0 Å². The number of nitro benzene ring substituents is 1. The zero-order valence-electron chi connectivity index (χ0n) is 18.7. The van der Waals surface area contributed by atoms with E-state index in [9.17, 15) is 19.7 Å². The molecule has 1 N–H and O–H groups in total. The quantitative estimate of drug-likeness (QED) is 0.270. The highest BCUT2D eigenvalue weighted by atomic mass is 32.1. The molecule has 4 rings (SSSR count). The fourth-order valence-corrected chi connectivity index (χ4v) is 4.25. The van der Waals surface area contributed by atoms with Crippen molar-refractivity contribution < 1.29 is 14.5 Å². The van der Waals surface area contributed by atoms with E-state index in [1.54, 1.807) is 16.3 Å². The third-order valence-electron chi connectivity index (χ3n) is 5.21. The van der Waals surface area contributed by atoms with Crippen molar-refractivity contribution in [3.63, 3.8) is 0 Å². The number of carbonyl (C=O) groups is 2. The van der Waals surface area contributed by atoms with E-state index in [2.05, 4.69) is 10.3 Å². The number of thiazole rings is 1. The predicted molar refractivity (Wildman–Crippen MR) is 133 cm³/mol. The molecule has 1 aromatic heterocycles. The van der Waals surface area contributed by atoms with E-state index >= 15 is 0 Å². The number of rotatable bonds is 9. The van der Waals surface area contributed by atoms with E-state index in [-0.39, 0.29) is 41.8 Å². The van der Waals surface area contributed by atoms with Gasteiger partial charge in [-0.15, -0.1) is 11.3 Å². The summed E-state index contributed by atoms with van der Waals surface area (Å²) < 4.78 is 0. The average Bonchev–Trinajstić information content (AvgIpc) is 3.36. The zero-order valence-corrected chi connectivity index (χ0v) is 19.5. The summed E-state index contributed by atoms with van der Waals surface area (Å²) in [6.45, 7) is 0.836. The molecule has 8 nitrogen and oxygen atoms in total. The van der Waals surface area contributed by atoms with E-state index in [0.29, 0.717) is 11.6 Å².